The second kappa shape index (κ2) is 5.90. The molecule has 1 N–H and O–H groups in total. The van der Waals surface area contributed by atoms with Crippen LogP contribution in [0.15, 0.2) is 24.4 Å². The fourth-order valence-corrected chi connectivity index (χ4v) is 3.24. The lowest BCUT2D eigenvalue weighted by Crippen LogP contribution is -2.21. The molecule has 4 heteroatoms. The SMILES string of the molecule is Cc1ccc2c(CCN3CCCC3)cn(CC(=O)O)c2c1. The van der Waals surface area contributed by atoms with Crippen LogP contribution in [0.2, 0.25) is 0 Å². The van der Waals surface area contributed by atoms with Gasteiger partial charge in [0.1, 0.15) is 6.54 Å². The molecule has 0 unspecified atom stereocenters. The number of hydrogen-bond donors (Lipinski definition) is 1. The predicted molar refractivity (Wildman–Crippen MR) is 83.7 cm³/mol. The maximum atomic E-state index is 11.0. The Hall–Kier alpha value is -1.81. The van der Waals surface area contributed by atoms with E-state index in [1.54, 1.807) is 0 Å². The van der Waals surface area contributed by atoms with Crippen molar-refractivity contribution in [2.75, 3.05) is 19.6 Å². The van der Waals surface area contributed by atoms with Crippen molar-refractivity contribution in [3.05, 3.63) is 35.5 Å². The molecular formula is C17H22N2O2. The van der Waals surface area contributed by atoms with Gasteiger partial charge in [0.2, 0.25) is 0 Å². The molecule has 4 nitrogen and oxygen atoms in total. The molecule has 0 radical (unpaired) electrons. The average Bonchev–Trinajstić information content (AvgIpc) is 3.04. The summed E-state index contributed by atoms with van der Waals surface area (Å²) in [5, 5.41) is 10.3. The van der Waals surface area contributed by atoms with E-state index in [0.717, 1.165) is 18.5 Å². The lowest BCUT2D eigenvalue weighted by molar-refractivity contribution is -0.137. The van der Waals surface area contributed by atoms with Gasteiger partial charge in [-0.05, 0) is 56.5 Å². The predicted octanol–water partition coefficient (Wildman–Crippen LogP) is 2.67. The number of carboxylic acid groups (broad SMARTS) is 1. The molecule has 0 atom stereocenters. The molecule has 0 aliphatic carbocycles. The molecule has 1 aromatic heterocycles. The van der Waals surface area contributed by atoms with Gasteiger partial charge in [0.25, 0.3) is 0 Å². The zero-order valence-corrected chi connectivity index (χ0v) is 12.5. The summed E-state index contributed by atoms with van der Waals surface area (Å²) in [5.41, 5.74) is 3.46. The van der Waals surface area contributed by atoms with Crippen molar-refractivity contribution in [2.24, 2.45) is 0 Å². The van der Waals surface area contributed by atoms with Crippen LogP contribution in [-0.4, -0.2) is 40.2 Å². The Kier molecular flexibility index (Phi) is 3.97. The maximum Gasteiger partial charge on any atom is 0.323 e. The topological polar surface area (TPSA) is 45.5 Å². The lowest BCUT2D eigenvalue weighted by Gasteiger charge is -2.13. The highest BCUT2D eigenvalue weighted by Crippen LogP contribution is 2.24. The van der Waals surface area contributed by atoms with Gasteiger partial charge in [-0.3, -0.25) is 4.79 Å². The Labute approximate surface area is 125 Å². The van der Waals surface area contributed by atoms with Crippen LogP contribution in [0.25, 0.3) is 10.9 Å². The summed E-state index contributed by atoms with van der Waals surface area (Å²) in [5.74, 6) is -0.792. The number of benzene rings is 1. The van der Waals surface area contributed by atoms with E-state index in [9.17, 15) is 4.79 Å². The first-order chi connectivity index (χ1) is 10.1. The Balaban J connectivity index is 1.88. The number of aryl methyl sites for hydroxylation is 1. The number of aromatic nitrogens is 1. The first kappa shape index (κ1) is 14.1. The van der Waals surface area contributed by atoms with E-state index in [2.05, 4.69) is 23.1 Å². The summed E-state index contributed by atoms with van der Waals surface area (Å²) >= 11 is 0. The standard InChI is InChI=1S/C17H22N2O2/c1-13-4-5-15-14(6-9-18-7-2-3-8-18)11-19(12-17(20)21)16(15)10-13/h4-5,10-11H,2-3,6-9,12H2,1H3,(H,20,21). The minimum absolute atomic E-state index is 0.0314. The molecule has 112 valence electrons. The van der Waals surface area contributed by atoms with E-state index >= 15 is 0 Å². The molecule has 2 heterocycles. The van der Waals surface area contributed by atoms with Crippen LogP contribution >= 0.6 is 0 Å². The maximum absolute atomic E-state index is 11.0. The van der Waals surface area contributed by atoms with Crippen molar-refractivity contribution in [3.63, 3.8) is 0 Å². The van der Waals surface area contributed by atoms with Gasteiger partial charge in [-0.1, -0.05) is 12.1 Å². The minimum Gasteiger partial charge on any atom is -0.480 e. The number of carbonyl (C=O) groups is 1. The van der Waals surface area contributed by atoms with Crippen LogP contribution in [-0.2, 0) is 17.8 Å². The van der Waals surface area contributed by atoms with Crippen molar-refractivity contribution in [2.45, 2.75) is 32.7 Å². The number of rotatable bonds is 5. The monoisotopic (exact) mass is 286 g/mol. The van der Waals surface area contributed by atoms with E-state index < -0.39 is 5.97 Å². The average molecular weight is 286 g/mol. The molecule has 1 aromatic carbocycles. The summed E-state index contributed by atoms with van der Waals surface area (Å²) in [6.45, 7) is 5.55. The molecule has 0 amide bonds. The Morgan fingerprint density at radius 1 is 1.29 bits per heavy atom. The second-order valence-electron chi connectivity index (χ2n) is 6.00. The molecule has 1 fully saturated rings. The van der Waals surface area contributed by atoms with Gasteiger partial charge in [-0.25, -0.2) is 0 Å². The first-order valence-electron chi connectivity index (χ1n) is 7.66. The van der Waals surface area contributed by atoms with Crippen molar-refractivity contribution >= 4 is 16.9 Å². The molecule has 3 rings (SSSR count). The Morgan fingerprint density at radius 2 is 2.05 bits per heavy atom. The highest BCUT2D eigenvalue weighted by Gasteiger charge is 2.14. The molecule has 0 saturated carbocycles. The van der Waals surface area contributed by atoms with Crippen molar-refractivity contribution < 1.29 is 9.90 Å². The van der Waals surface area contributed by atoms with Gasteiger partial charge in [-0.2, -0.15) is 0 Å². The lowest BCUT2D eigenvalue weighted by atomic mass is 10.1. The van der Waals surface area contributed by atoms with Crippen molar-refractivity contribution in [1.82, 2.24) is 9.47 Å². The third kappa shape index (κ3) is 3.10. The molecule has 1 aliphatic rings. The molecule has 2 aromatic rings. The summed E-state index contributed by atoms with van der Waals surface area (Å²) in [7, 11) is 0. The van der Waals surface area contributed by atoms with Crippen molar-refractivity contribution in [3.8, 4) is 0 Å². The Morgan fingerprint density at radius 3 is 2.76 bits per heavy atom. The quantitative estimate of drug-likeness (QED) is 0.919. The number of aliphatic carboxylic acids is 1. The number of nitrogens with zero attached hydrogens (tertiary/aromatic N) is 2. The fourth-order valence-electron chi connectivity index (χ4n) is 3.24. The van der Waals surface area contributed by atoms with Gasteiger partial charge < -0.3 is 14.6 Å². The molecule has 1 saturated heterocycles. The first-order valence-corrected chi connectivity index (χ1v) is 7.66. The highest BCUT2D eigenvalue weighted by atomic mass is 16.4. The van der Waals surface area contributed by atoms with E-state index in [-0.39, 0.29) is 6.54 Å². The van der Waals surface area contributed by atoms with Gasteiger partial charge >= 0.3 is 5.97 Å². The normalized spacial score (nSPS) is 15.9. The van der Waals surface area contributed by atoms with Crippen LogP contribution in [0, 0.1) is 6.92 Å². The van der Waals surface area contributed by atoms with E-state index in [4.69, 9.17) is 5.11 Å². The van der Waals surface area contributed by atoms with Crippen LogP contribution < -0.4 is 0 Å². The third-order valence-corrected chi connectivity index (χ3v) is 4.32. The van der Waals surface area contributed by atoms with Crippen LogP contribution in [0.5, 0.6) is 0 Å². The molecular weight excluding hydrogens is 264 g/mol. The van der Waals surface area contributed by atoms with Crippen LogP contribution in [0.4, 0.5) is 0 Å². The largest absolute Gasteiger partial charge is 0.480 e. The van der Waals surface area contributed by atoms with Gasteiger partial charge in [0, 0.05) is 23.6 Å². The zero-order valence-electron chi connectivity index (χ0n) is 12.5. The van der Waals surface area contributed by atoms with Gasteiger partial charge in [0.05, 0.1) is 0 Å². The van der Waals surface area contributed by atoms with E-state index in [1.165, 1.54) is 42.4 Å². The number of likely N-dealkylation sites (tertiary alicyclic amines) is 1. The minimum atomic E-state index is -0.792. The molecule has 21 heavy (non-hydrogen) atoms. The summed E-state index contributed by atoms with van der Waals surface area (Å²) in [6.07, 6.45) is 5.63. The summed E-state index contributed by atoms with van der Waals surface area (Å²) in [6, 6.07) is 6.31. The van der Waals surface area contributed by atoms with Crippen molar-refractivity contribution in [1.29, 1.82) is 0 Å². The number of carboxylic acids is 1. The van der Waals surface area contributed by atoms with E-state index in [1.807, 2.05) is 17.7 Å². The smallest absolute Gasteiger partial charge is 0.323 e. The fraction of sp³-hybridized carbons (Fsp3) is 0.471. The molecule has 1 aliphatic heterocycles. The Bertz CT molecular complexity index is 654. The highest BCUT2D eigenvalue weighted by molar-refractivity contribution is 5.86. The zero-order chi connectivity index (χ0) is 14.8. The van der Waals surface area contributed by atoms with Crippen LogP contribution in [0.1, 0.15) is 24.0 Å². The number of fused-ring (bicyclic) bond motifs is 1. The van der Waals surface area contributed by atoms with E-state index in [0.29, 0.717) is 0 Å². The summed E-state index contributed by atoms with van der Waals surface area (Å²) < 4.78 is 1.87. The van der Waals surface area contributed by atoms with Gasteiger partial charge in [-0.15, -0.1) is 0 Å². The van der Waals surface area contributed by atoms with Crippen LogP contribution in [0.3, 0.4) is 0 Å². The molecule has 0 bridgehead atoms. The molecule has 0 spiro atoms. The number of hydrogen-bond acceptors (Lipinski definition) is 2. The third-order valence-electron chi connectivity index (χ3n) is 4.32. The second-order valence-corrected chi connectivity index (χ2v) is 6.00. The van der Waals surface area contributed by atoms with Gasteiger partial charge in [0.15, 0.2) is 0 Å². The summed E-state index contributed by atoms with van der Waals surface area (Å²) in [4.78, 5) is 13.5.